The molecule has 0 saturated heterocycles. The molecule has 112 valence electrons. The molecule has 0 radical (unpaired) electrons. The number of para-hydroxylation sites is 1. The third-order valence-electron chi connectivity index (χ3n) is 2.97. The lowest BCUT2D eigenvalue weighted by Gasteiger charge is -2.13. The quantitative estimate of drug-likeness (QED) is 0.812. The Morgan fingerprint density at radius 3 is 2.43 bits per heavy atom. The summed E-state index contributed by atoms with van der Waals surface area (Å²) in [6, 6.07) is 5.92. The van der Waals surface area contributed by atoms with Crippen LogP contribution >= 0.6 is 0 Å². The lowest BCUT2D eigenvalue weighted by atomic mass is 10.1. The van der Waals surface area contributed by atoms with Crippen LogP contribution < -0.4 is 15.2 Å². The Hall–Kier alpha value is -2.41. The number of aliphatic hydroxyl groups excluding tert-OH is 1. The highest BCUT2D eigenvalue weighted by Crippen LogP contribution is 2.24. The van der Waals surface area contributed by atoms with Gasteiger partial charge in [-0.2, -0.15) is 9.97 Å². The number of anilines is 1. The predicted molar refractivity (Wildman–Crippen MR) is 74.6 cm³/mol. The fraction of sp³-hybridized carbons (Fsp3) is 0.286. The Morgan fingerprint density at radius 1 is 1.24 bits per heavy atom. The number of aromatic nitrogens is 2. The van der Waals surface area contributed by atoms with Gasteiger partial charge in [0, 0.05) is 6.42 Å². The van der Waals surface area contributed by atoms with Crippen LogP contribution in [0.25, 0.3) is 0 Å². The summed E-state index contributed by atoms with van der Waals surface area (Å²) < 4.78 is 23.4. The molecule has 0 fully saturated rings. The van der Waals surface area contributed by atoms with Gasteiger partial charge in [-0.05, 0) is 11.6 Å². The van der Waals surface area contributed by atoms with Gasteiger partial charge in [0.15, 0.2) is 5.82 Å². The fourth-order valence-electron chi connectivity index (χ4n) is 1.84. The van der Waals surface area contributed by atoms with Gasteiger partial charge in [0.1, 0.15) is 11.9 Å². The molecule has 2 rings (SSSR count). The van der Waals surface area contributed by atoms with Crippen molar-refractivity contribution in [3.63, 3.8) is 0 Å². The molecule has 1 aromatic heterocycles. The first-order chi connectivity index (χ1) is 10.0. The van der Waals surface area contributed by atoms with E-state index in [2.05, 4.69) is 9.97 Å². The topological polar surface area (TPSA) is 90.5 Å². The summed E-state index contributed by atoms with van der Waals surface area (Å²) in [6.45, 7) is 0. The van der Waals surface area contributed by atoms with Gasteiger partial charge < -0.3 is 20.3 Å². The molecule has 1 atom stereocenters. The first kappa shape index (κ1) is 15.0. The Balaban J connectivity index is 2.27. The maximum Gasteiger partial charge on any atom is 0.220 e. The van der Waals surface area contributed by atoms with Crippen molar-refractivity contribution in [1.29, 1.82) is 0 Å². The summed E-state index contributed by atoms with van der Waals surface area (Å²) in [5.74, 6) is 0.130. The number of hydrogen-bond acceptors (Lipinski definition) is 6. The zero-order chi connectivity index (χ0) is 15.4. The largest absolute Gasteiger partial charge is 0.481 e. The van der Waals surface area contributed by atoms with Gasteiger partial charge in [0.2, 0.25) is 11.8 Å². The standard InChI is InChI=1S/C14H16FN3O3/c1-20-11-7-12(21-2)18-14(17-11)10(19)6-8-4-3-5-9(15)13(8)16/h3-5,7,10,19H,6,16H2,1-2H3. The third-order valence-corrected chi connectivity index (χ3v) is 2.97. The molecule has 7 heteroatoms. The second kappa shape index (κ2) is 6.36. The first-order valence-corrected chi connectivity index (χ1v) is 6.23. The van der Waals surface area contributed by atoms with Gasteiger partial charge in [0.25, 0.3) is 0 Å². The Kier molecular flexibility index (Phi) is 4.54. The normalized spacial score (nSPS) is 12.0. The van der Waals surface area contributed by atoms with Crippen LogP contribution in [0.15, 0.2) is 24.3 Å². The Bertz CT molecular complexity index is 615. The molecule has 3 N–H and O–H groups in total. The van der Waals surface area contributed by atoms with Gasteiger partial charge in [0.05, 0.1) is 26.0 Å². The minimum atomic E-state index is -1.06. The molecule has 1 unspecified atom stereocenters. The number of ether oxygens (including phenoxy) is 2. The monoisotopic (exact) mass is 293 g/mol. The molecule has 0 saturated carbocycles. The highest BCUT2D eigenvalue weighted by molar-refractivity contribution is 5.48. The van der Waals surface area contributed by atoms with E-state index in [1.165, 1.54) is 32.4 Å². The van der Waals surface area contributed by atoms with E-state index in [4.69, 9.17) is 15.2 Å². The SMILES string of the molecule is COc1cc(OC)nc(C(O)Cc2cccc(F)c2N)n1. The van der Waals surface area contributed by atoms with E-state index in [1.807, 2.05) is 0 Å². The van der Waals surface area contributed by atoms with Crippen LogP contribution in [-0.2, 0) is 6.42 Å². The number of nitrogens with zero attached hydrogens (tertiary/aromatic N) is 2. The number of aliphatic hydroxyl groups is 1. The third kappa shape index (κ3) is 3.38. The molecule has 0 aliphatic carbocycles. The Morgan fingerprint density at radius 2 is 1.86 bits per heavy atom. The zero-order valence-corrected chi connectivity index (χ0v) is 11.7. The van der Waals surface area contributed by atoms with E-state index in [1.54, 1.807) is 6.07 Å². The molecule has 0 bridgehead atoms. The Labute approximate surface area is 121 Å². The molecule has 2 aromatic rings. The molecule has 0 spiro atoms. The second-order valence-corrected chi connectivity index (χ2v) is 4.34. The number of methoxy groups -OCH3 is 2. The van der Waals surface area contributed by atoms with Crippen LogP contribution in [0.2, 0.25) is 0 Å². The fourth-order valence-corrected chi connectivity index (χ4v) is 1.84. The van der Waals surface area contributed by atoms with Crippen LogP contribution in [0.1, 0.15) is 17.5 Å². The number of hydrogen-bond donors (Lipinski definition) is 2. The van der Waals surface area contributed by atoms with Crippen molar-refractivity contribution < 1.29 is 19.0 Å². The van der Waals surface area contributed by atoms with E-state index >= 15 is 0 Å². The minimum Gasteiger partial charge on any atom is -0.481 e. The van der Waals surface area contributed by atoms with E-state index in [0.29, 0.717) is 5.56 Å². The predicted octanol–water partition coefficient (Wildman–Crippen LogP) is 1.49. The van der Waals surface area contributed by atoms with Gasteiger partial charge in [-0.15, -0.1) is 0 Å². The van der Waals surface area contributed by atoms with Gasteiger partial charge >= 0.3 is 0 Å². The molecule has 0 aliphatic heterocycles. The summed E-state index contributed by atoms with van der Waals surface area (Å²) in [6.07, 6.45) is -0.974. The molecular formula is C14H16FN3O3. The first-order valence-electron chi connectivity index (χ1n) is 6.23. The summed E-state index contributed by atoms with van der Waals surface area (Å²) in [4.78, 5) is 8.10. The average molecular weight is 293 g/mol. The van der Waals surface area contributed by atoms with Crippen LogP contribution in [0.3, 0.4) is 0 Å². The molecule has 0 aliphatic rings. The van der Waals surface area contributed by atoms with Crippen LogP contribution in [-0.4, -0.2) is 29.3 Å². The van der Waals surface area contributed by atoms with Crippen molar-refractivity contribution in [2.24, 2.45) is 0 Å². The average Bonchev–Trinajstić information content (AvgIpc) is 2.51. The number of halogens is 1. The van der Waals surface area contributed by atoms with E-state index in [-0.39, 0.29) is 29.7 Å². The second-order valence-electron chi connectivity index (χ2n) is 4.34. The molecule has 1 heterocycles. The number of rotatable bonds is 5. The number of benzene rings is 1. The van der Waals surface area contributed by atoms with Crippen molar-refractivity contribution in [1.82, 2.24) is 9.97 Å². The lowest BCUT2D eigenvalue weighted by molar-refractivity contribution is 0.165. The molecular weight excluding hydrogens is 277 g/mol. The van der Waals surface area contributed by atoms with Crippen LogP contribution in [0.5, 0.6) is 11.8 Å². The summed E-state index contributed by atoms with van der Waals surface area (Å²) >= 11 is 0. The summed E-state index contributed by atoms with van der Waals surface area (Å²) in [5.41, 5.74) is 6.13. The van der Waals surface area contributed by atoms with Crippen molar-refractivity contribution in [2.45, 2.75) is 12.5 Å². The molecule has 6 nitrogen and oxygen atoms in total. The molecule has 21 heavy (non-hydrogen) atoms. The minimum absolute atomic E-state index is 0.00594. The van der Waals surface area contributed by atoms with Crippen molar-refractivity contribution >= 4 is 5.69 Å². The van der Waals surface area contributed by atoms with E-state index < -0.39 is 11.9 Å². The molecule has 0 amide bonds. The lowest BCUT2D eigenvalue weighted by Crippen LogP contribution is -2.10. The van der Waals surface area contributed by atoms with Crippen molar-refractivity contribution in [2.75, 3.05) is 20.0 Å². The maximum atomic E-state index is 13.4. The van der Waals surface area contributed by atoms with Gasteiger partial charge in [-0.1, -0.05) is 12.1 Å². The molecule has 1 aromatic carbocycles. The van der Waals surface area contributed by atoms with Gasteiger partial charge in [-0.3, -0.25) is 0 Å². The van der Waals surface area contributed by atoms with Crippen LogP contribution in [0.4, 0.5) is 10.1 Å². The maximum absolute atomic E-state index is 13.4. The number of nitrogen functional groups attached to an aromatic ring is 1. The number of nitrogens with two attached hydrogens (primary N) is 1. The van der Waals surface area contributed by atoms with Crippen molar-refractivity contribution in [3.05, 3.63) is 41.5 Å². The van der Waals surface area contributed by atoms with Crippen LogP contribution in [0, 0.1) is 5.82 Å². The zero-order valence-electron chi connectivity index (χ0n) is 11.7. The van der Waals surface area contributed by atoms with E-state index in [9.17, 15) is 9.50 Å². The summed E-state index contributed by atoms with van der Waals surface area (Å²) in [7, 11) is 2.89. The highest BCUT2D eigenvalue weighted by atomic mass is 19.1. The highest BCUT2D eigenvalue weighted by Gasteiger charge is 2.17. The van der Waals surface area contributed by atoms with Crippen molar-refractivity contribution in [3.8, 4) is 11.8 Å². The smallest absolute Gasteiger partial charge is 0.220 e. The summed E-state index contributed by atoms with van der Waals surface area (Å²) in [5, 5.41) is 10.2. The van der Waals surface area contributed by atoms with Gasteiger partial charge in [-0.25, -0.2) is 4.39 Å². The van der Waals surface area contributed by atoms with E-state index in [0.717, 1.165) is 0 Å².